The van der Waals surface area contributed by atoms with Crippen molar-refractivity contribution in [3.63, 3.8) is 0 Å². The molecule has 0 saturated carbocycles. The molecule has 0 aromatic carbocycles. The molecule has 1 saturated heterocycles. The van der Waals surface area contributed by atoms with Crippen molar-refractivity contribution in [2.45, 2.75) is 39.2 Å². The molecule has 122 valence electrons. The van der Waals surface area contributed by atoms with Gasteiger partial charge in [0.25, 0.3) is 0 Å². The molecular weight excluding hydrogens is 288 g/mol. The van der Waals surface area contributed by atoms with Gasteiger partial charge in [-0.2, -0.15) is 5.10 Å². The molecule has 4 rings (SSSR count). The molecule has 1 atom stereocenters. The largest absolute Gasteiger partial charge is 0.354 e. The molecule has 0 spiro atoms. The molecule has 0 aliphatic carbocycles. The number of hydrogen-bond acceptors (Lipinski definition) is 5. The maximum Gasteiger partial charge on any atom is 0.135 e. The van der Waals surface area contributed by atoms with Gasteiger partial charge in [0.05, 0.1) is 17.4 Å². The van der Waals surface area contributed by atoms with E-state index in [1.54, 1.807) is 6.33 Å². The first-order valence-corrected chi connectivity index (χ1v) is 8.53. The Morgan fingerprint density at radius 3 is 2.87 bits per heavy atom. The summed E-state index contributed by atoms with van der Waals surface area (Å²) in [6, 6.07) is 2.60. The highest BCUT2D eigenvalue weighted by molar-refractivity contribution is 5.50. The summed E-state index contributed by atoms with van der Waals surface area (Å²) in [4.78, 5) is 11.6. The average molecular weight is 312 g/mol. The van der Waals surface area contributed by atoms with Crippen LogP contribution >= 0.6 is 0 Å². The van der Waals surface area contributed by atoms with E-state index in [1.807, 2.05) is 0 Å². The molecule has 1 N–H and O–H groups in total. The third-order valence-corrected chi connectivity index (χ3v) is 4.96. The standard InChI is InChI=1S/C17H24N6/c1-12-9-13(2)23(21-12)14-5-8-22(10-14)17-15-3-6-18-7-4-16(15)19-11-20-17/h9,11,14,18H,3-8,10H2,1-2H3/t14-/m1/s1. The summed E-state index contributed by atoms with van der Waals surface area (Å²) < 4.78 is 2.19. The number of fused-ring (bicyclic) bond motifs is 1. The van der Waals surface area contributed by atoms with Gasteiger partial charge in [-0.3, -0.25) is 4.68 Å². The maximum absolute atomic E-state index is 4.67. The van der Waals surface area contributed by atoms with Gasteiger partial charge in [0.1, 0.15) is 12.1 Å². The van der Waals surface area contributed by atoms with Crippen LogP contribution in [0.3, 0.4) is 0 Å². The second-order valence-electron chi connectivity index (χ2n) is 6.63. The first kappa shape index (κ1) is 14.6. The number of aryl methyl sites for hydroxylation is 2. The van der Waals surface area contributed by atoms with Gasteiger partial charge >= 0.3 is 0 Å². The van der Waals surface area contributed by atoms with Gasteiger partial charge in [0.2, 0.25) is 0 Å². The third-order valence-electron chi connectivity index (χ3n) is 4.96. The molecule has 2 aromatic heterocycles. The lowest BCUT2D eigenvalue weighted by Crippen LogP contribution is -2.25. The van der Waals surface area contributed by atoms with E-state index in [2.05, 4.69) is 49.9 Å². The van der Waals surface area contributed by atoms with E-state index in [-0.39, 0.29) is 0 Å². The molecule has 0 unspecified atom stereocenters. The zero-order valence-corrected chi connectivity index (χ0v) is 13.9. The number of rotatable bonds is 2. The third kappa shape index (κ3) is 2.72. The van der Waals surface area contributed by atoms with Crippen molar-refractivity contribution in [3.8, 4) is 0 Å². The Labute approximate surface area is 136 Å². The van der Waals surface area contributed by atoms with Crippen LogP contribution in [-0.2, 0) is 12.8 Å². The van der Waals surface area contributed by atoms with E-state index in [0.29, 0.717) is 6.04 Å². The van der Waals surface area contributed by atoms with Crippen molar-refractivity contribution < 1.29 is 0 Å². The lowest BCUT2D eigenvalue weighted by atomic mass is 10.1. The van der Waals surface area contributed by atoms with Gasteiger partial charge in [-0.1, -0.05) is 0 Å². The van der Waals surface area contributed by atoms with Crippen LogP contribution in [0.4, 0.5) is 5.82 Å². The average Bonchev–Trinajstić information content (AvgIpc) is 3.05. The highest BCUT2D eigenvalue weighted by atomic mass is 15.3. The Balaban J connectivity index is 1.60. The second kappa shape index (κ2) is 5.92. The van der Waals surface area contributed by atoms with Crippen LogP contribution in [0.15, 0.2) is 12.4 Å². The summed E-state index contributed by atoms with van der Waals surface area (Å²) >= 11 is 0. The summed E-state index contributed by atoms with van der Waals surface area (Å²) in [6.45, 7) is 8.26. The Morgan fingerprint density at radius 2 is 2.04 bits per heavy atom. The molecule has 6 nitrogen and oxygen atoms in total. The lowest BCUT2D eigenvalue weighted by molar-refractivity contribution is 0.481. The fourth-order valence-corrected chi connectivity index (χ4v) is 3.88. The molecule has 2 aromatic rings. The van der Waals surface area contributed by atoms with Gasteiger partial charge in [-0.05, 0) is 39.3 Å². The molecular formula is C17H24N6. The zero-order chi connectivity index (χ0) is 15.8. The van der Waals surface area contributed by atoms with Crippen LogP contribution in [0.5, 0.6) is 0 Å². The fourth-order valence-electron chi connectivity index (χ4n) is 3.88. The fraction of sp³-hybridized carbons (Fsp3) is 0.588. The monoisotopic (exact) mass is 312 g/mol. The van der Waals surface area contributed by atoms with Crippen molar-refractivity contribution in [2.75, 3.05) is 31.1 Å². The van der Waals surface area contributed by atoms with Crippen molar-refractivity contribution in [2.24, 2.45) is 0 Å². The molecule has 4 heterocycles. The predicted molar refractivity (Wildman–Crippen MR) is 89.9 cm³/mol. The first-order chi connectivity index (χ1) is 11.2. The van der Waals surface area contributed by atoms with E-state index in [9.17, 15) is 0 Å². The number of nitrogens with one attached hydrogen (secondary N) is 1. The second-order valence-corrected chi connectivity index (χ2v) is 6.63. The summed E-state index contributed by atoms with van der Waals surface area (Å²) in [5, 5.41) is 8.13. The number of hydrogen-bond donors (Lipinski definition) is 1. The molecule has 1 fully saturated rings. The van der Waals surface area contributed by atoms with Crippen molar-refractivity contribution in [1.82, 2.24) is 25.1 Å². The first-order valence-electron chi connectivity index (χ1n) is 8.53. The number of anilines is 1. The normalized spacial score (nSPS) is 21.3. The lowest BCUT2D eigenvalue weighted by Gasteiger charge is -2.21. The summed E-state index contributed by atoms with van der Waals surface area (Å²) in [7, 11) is 0. The Kier molecular flexibility index (Phi) is 3.77. The van der Waals surface area contributed by atoms with E-state index in [1.165, 1.54) is 17.0 Å². The maximum atomic E-state index is 4.67. The van der Waals surface area contributed by atoms with Crippen LogP contribution < -0.4 is 10.2 Å². The van der Waals surface area contributed by atoms with Crippen molar-refractivity contribution in [3.05, 3.63) is 35.0 Å². The van der Waals surface area contributed by atoms with E-state index >= 15 is 0 Å². The summed E-state index contributed by atoms with van der Waals surface area (Å²) in [6.07, 6.45) is 4.88. The Hall–Kier alpha value is -1.95. The van der Waals surface area contributed by atoms with E-state index < -0.39 is 0 Å². The minimum absolute atomic E-state index is 0.443. The predicted octanol–water partition coefficient (Wildman–Crippen LogP) is 1.43. The molecule has 2 aliphatic heterocycles. The van der Waals surface area contributed by atoms with Gasteiger partial charge in [0, 0.05) is 37.3 Å². The van der Waals surface area contributed by atoms with Crippen LogP contribution in [0.25, 0.3) is 0 Å². The molecule has 0 bridgehead atoms. The van der Waals surface area contributed by atoms with Gasteiger partial charge in [-0.25, -0.2) is 9.97 Å². The van der Waals surface area contributed by atoms with Gasteiger partial charge in [0.15, 0.2) is 0 Å². The van der Waals surface area contributed by atoms with Crippen LogP contribution in [-0.4, -0.2) is 45.9 Å². The van der Waals surface area contributed by atoms with Crippen molar-refractivity contribution >= 4 is 5.82 Å². The highest BCUT2D eigenvalue weighted by Gasteiger charge is 2.28. The molecule has 2 aliphatic rings. The molecule has 23 heavy (non-hydrogen) atoms. The molecule has 6 heteroatoms. The van der Waals surface area contributed by atoms with Crippen molar-refractivity contribution in [1.29, 1.82) is 0 Å². The molecule has 0 radical (unpaired) electrons. The zero-order valence-electron chi connectivity index (χ0n) is 13.9. The van der Waals surface area contributed by atoms with Gasteiger partial charge < -0.3 is 10.2 Å². The van der Waals surface area contributed by atoms with Gasteiger partial charge in [-0.15, -0.1) is 0 Å². The van der Waals surface area contributed by atoms with Crippen LogP contribution in [0.1, 0.15) is 35.1 Å². The van der Waals surface area contributed by atoms with E-state index in [0.717, 1.165) is 57.0 Å². The minimum Gasteiger partial charge on any atom is -0.354 e. The SMILES string of the molecule is Cc1cc(C)n([C@@H]2CCN(c3ncnc4c3CCNCC4)C2)n1. The summed E-state index contributed by atoms with van der Waals surface area (Å²) in [5.41, 5.74) is 4.91. The molecule has 0 amide bonds. The van der Waals surface area contributed by atoms with Crippen LogP contribution in [0, 0.1) is 13.8 Å². The Bertz CT molecular complexity index is 707. The highest BCUT2D eigenvalue weighted by Crippen LogP contribution is 2.30. The smallest absolute Gasteiger partial charge is 0.135 e. The summed E-state index contributed by atoms with van der Waals surface area (Å²) in [5.74, 6) is 1.14. The van der Waals surface area contributed by atoms with E-state index in [4.69, 9.17) is 0 Å². The quantitative estimate of drug-likeness (QED) is 0.909. The topological polar surface area (TPSA) is 58.9 Å². The number of aromatic nitrogens is 4. The Morgan fingerprint density at radius 1 is 1.17 bits per heavy atom. The number of nitrogens with zero attached hydrogens (tertiary/aromatic N) is 5. The minimum atomic E-state index is 0.443. The van der Waals surface area contributed by atoms with Crippen LogP contribution in [0.2, 0.25) is 0 Å².